The lowest BCUT2D eigenvalue weighted by molar-refractivity contribution is 0.0651. The molecule has 0 bridgehead atoms. The summed E-state index contributed by atoms with van der Waals surface area (Å²) in [6.45, 7) is 4.60. The fraction of sp³-hybridized carbons (Fsp3) is 0.724. The Morgan fingerprint density at radius 2 is 0.697 bits per heavy atom. The van der Waals surface area contributed by atoms with E-state index in [4.69, 9.17) is 10.2 Å². The minimum Gasteiger partial charge on any atom is -0.478 e. The van der Waals surface area contributed by atoms with Crippen LogP contribution in [0.15, 0.2) is 24.3 Å². The molecule has 0 fully saturated rings. The number of benzene rings is 1. The van der Waals surface area contributed by atoms with Gasteiger partial charge in [0.05, 0.1) is 11.1 Å². The SMILES string of the molecule is CCCCCCCCCCCCCCCCCCCCC.O=C(O)c1ccccc1C(=O)O. The molecule has 0 radical (unpaired) electrons. The van der Waals surface area contributed by atoms with Gasteiger partial charge in [0.15, 0.2) is 0 Å². The van der Waals surface area contributed by atoms with Gasteiger partial charge in [-0.15, -0.1) is 0 Å². The molecule has 2 N–H and O–H groups in total. The zero-order chi connectivity index (χ0) is 24.6. The van der Waals surface area contributed by atoms with Crippen LogP contribution >= 0.6 is 0 Å². The zero-order valence-corrected chi connectivity index (χ0v) is 21.5. The molecule has 0 saturated carbocycles. The second kappa shape index (κ2) is 23.3. The Bertz CT molecular complexity index is 546. The Labute approximate surface area is 203 Å². The van der Waals surface area contributed by atoms with E-state index in [2.05, 4.69) is 13.8 Å². The van der Waals surface area contributed by atoms with Gasteiger partial charge in [-0.3, -0.25) is 0 Å². The number of carboxylic acids is 2. The molecule has 0 aliphatic carbocycles. The highest BCUT2D eigenvalue weighted by Crippen LogP contribution is 2.14. The topological polar surface area (TPSA) is 74.6 Å². The van der Waals surface area contributed by atoms with E-state index in [9.17, 15) is 9.59 Å². The zero-order valence-electron chi connectivity index (χ0n) is 21.5. The molecule has 0 saturated heterocycles. The summed E-state index contributed by atoms with van der Waals surface area (Å²) in [5, 5.41) is 17.1. The Hall–Kier alpha value is -1.84. The fourth-order valence-electron chi connectivity index (χ4n) is 4.01. The highest BCUT2D eigenvalue weighted by Gasteiger charge is 2.13. The summed E-state index contributed by atoms with van der Waals surface area (Å²) in [7, 11) is 0. The third kappa shape index (κ3) is 19.3. The van der Waals surface area contributed by atoms with Crippen molar-refractivity contribution in [1.82, 2.24) is 0 Å². The molecular formula is C29H50O4. The van der Waals surface area contributed by atoms with E-state index in [0.717, 1.165) is 0 Å². The van der Waals surface area contributed by atoms with Crippen LogP contribution in [0.3, 0.4) is 0 Å². The summed E-state index contributed by atoms with van der Waals surface area (Å²) < 4.78 is 0. The van der Waals surface area contributed by atoms with E-state index in [1.165, 1.54) is 146 Å². The van der Waals surface area contributed by atoms with Crippen molar-refractivity contribution in [2.24, 2.45) is 0 Å². The van der Waals surface area contributed by atoms with Gasteiger partial charge in [-0.1, -0.05) is 148 Å². The third-order valence-electron chi connectivity index (χ3n) is 6.09. The van der Waals surface area contributed by atoms with E-state index in [1.54, 1.807) is 0 Å². The Kier molecular flexibility index (Phi) is 22.0. The minimum atomic E-state index is -1.23. The first kappa shape index (κ1) is 31.2. The summed E-state index contributed by atoms with van der Waals surface area (Å²) in [6, 6.07) is 5.48. The van der Waals surface area contributed by atoms with Crippen molar-refractivity contribution in [3.8, 4) is 0 Å². The number of hydrogen-bond acceptors (Lipinski definition) is 2. The van der Waals surface area contributed by atoms with Crippen LogP contribution in [0.2, 0.25) is 0 Å². The molecule has 4 heteroatoms. The molecule has 190 valence electrons. The average molecular weight is 463 g/mol. The lowest BCUT2D eigenvalue weighted by atomic mass is 10.0. The predicted octanol–water partition coefficient (Wildman–Crippen LogP) is 9.52. The molecule has 4 nitrogen and oxygen atoms in total. The van der Waals surface area contributed by atoms with Gasteiger partial charge in [0.1, 0.15) is 0 Å². The van der Waals surface area contributed by atoms with E-state index < -0.39 is 11.9 Å². The molecule has 0 amide bonds. The van der Waals surface area contributed by atoms with Gasteiger partial charge in [-0.25, -0.2) is 9.59 Å². The molecule has 0 atom stereocenters. The van der Waals surface area contributed by atoms with Crippen molar-refractivity contribution in [2.45, 2.75) is 136 Å². The Morgan fingerprint density at radius 3 is 0.879 bits per heavy atom. The van der Waals surface area contributed by atoms with Crippen LogP contribution in [0.5, 0.6) is 0 Å². The number of rotatable bonds is 20. The summed E-state index contributed by atoms with van der Waals surface area (Å²) in [6.07, 6.45) is 27.9. The summed E-state index contributed by atoms with van der Waals surface area (Å²) >= 11 is 0. The van der Waals surface area contributed by atoms with E-state index in [1.807, 2.05) is 0 Å². The maximum absolute atomic E-state index is 10.5. The fourth-order valence-corrected chi connectivity index (χ4v) is 4.01. The lowest BCUT2D eigenvalue weighted by Crippen LogP contribution is -2.06. The second-order valence-electron chi connectivity index (χ2n) is 9.17. The van der Waals surface area contributed by atoms with Gasteiger partial charge < -0.3 is 10.2 Å². The molecule has 33 heavy (non-hydrogen) atoms. The summed E-state index contributed by atoms with van der Waals surface area (Å²) in [5.74, 6) is -2.46. The normalized spacial score (nSPS) is 10.5. The van der Waals surface area contributed by atoms with Crippen LogP contribution in [-0.4, -0.2) is 22.2 Å². The molecule has 0 aromatic heterocycles. The van der Waals surface area contributed by atoms with Crippen molar-refractivity contribution in [3.63, 3.8) is 0 Å². The lowest BCUT2D eigenvalue weighted by Gasteiger charge is -2.03. The molecule has 0 spiro atoms. The van der Waals surface area contributed by atoms with E-state index >= 15 is 0 Å². The minimum absolute atomic E-state index is 0.190. The first-order chi connectivity index (χ1) is 16.0. The van der Waals surface area contributed by atoms with E-state index in [0.29, 0.717) is 0 Å². The molecule has 1 rings (SSSR count). The maximum atomic E-state index is 10.5. The summed E-state index contributed by atoms with van der Waals surface area (Å²) in [4.78, 5) is 20.9. The van der Waals surface area contributed by atoms with Gasteiger partial charge in [0.25, 0.3) is 0 Å². The molecule has 0 heterocycles. The Morgan fingerprint density at radius 1 is 0.485 bits per heavy atom. The van der Waals surface area contributed by atoms with Gasteiger partial charge in [-0.05, 0) is 12.1 Å². The first-order valence-electron chi connectivity index (χ1n) is 13.6. The van der Waals surface area contributed by atoms with Gasteiger partial charge in [0, 0.05) is 0 Å². The van der Waals surface area contributed by atoms with Gasteiger partial charge in [-0.2, -0.15) is 0 Å². The molecule has 0 aliphatic rings. The molecular weight excluding hydrogens is 412 g/mol. The predicted molar refractivity (Wildman–Crippen MR) is 139 cm³/mol. The Balaban J connectivity index is 0.000000716. The highest BCUT2D eigenvalue weighted by atomic mass is 16.4. The maximum Gasteiger partial charge on any atom is 0.336 e. The van der Waals surface area contributed by atoms with Crippen LogP contribution in [0.1, 0.15) is 157 Å². The van der Waals surface area contributed by atoms with Gasteiger partial charge in [0.2, 0.25) is 0 Å². The average Bonchev–Trinajstić information content (AvgIpc) is 2.81. The standard InChI is InChI=1S/C21H44.C8H6O4/c1-3-5-7-9-11-13-15-17-19-21-20-18-16-14-12-10-8-6-4-2;9-7(10)5-3-1-2-4-6(5)8(11)12/h3-21H2,1-2H3;1-4H,(H,9,10)(H,11,12). The molecule has 1 aromatic rings. The van der Waals surface area contributed by atoms with Crippen LogP contribution < -0.4 is 0 Å². The number of carbonyl (C=O) groups is 2. The monoisotopic (exact) mass is 462 g/mol. The first-order valence-corrected chi connectivity index (χ1v) is 13.6. The second-order valence-corrected chi connectivity index (χ2v) is 9.17. The van der Waals surface area contributed by atoms with Gasteiger partial charge >= 0.3 is 11.9 Å². The van der Waals surface area contributed by atoms with Crippen molar-refractivity contribution in [3.05, 3.63) is 35.4 Å². The van der Waals surface area contributed by atoms with Crippen LogP contribution in [0.4, 0.5) is 0 Å². The largest absolute Gasteiger partial charge is 0.478 e. The number of carboxylic acid groups (broad SMARTS) is 2. The number of hydrogen-bond donors (Lipinski definition) is 2. The van der Waals surface area contributed by atoms with Crippen LogP contribution in [0.25, 0.3) is 0 Å². The highest BCUT2D eigenvalue weighted by molar-refractivity contribution is 6.01. The molecule has 0 unspecified atom stereocenters. The van der Waals surface area contributed by atoms with Crippen LogP contribution in [-0.2, 0) is 0 Å². The number of aromatic carboxylic acids is 2. The smallest absolute Gasteiger partial charge is 0.336 e. The van der Waals surface area contributed by atoms with E-state index in [-0.39, 0.29) is 11.1 Å². The molecule has 0 aliphatic heterocycles. The van der Waals surface area contributed by atoms with Crippen LogP contribution in [0, 0.1) is 0 Å². The van der Waals surface area contributed by atoms with Crippen molar-refractivity contribution in [1.29, 1.82) is 0 Å². The van der Waals surface area contributed by atoms with Crippen molar-refractivity contribution >= 4 is 11.9 Å². The molecule has 1 aromatic carbocycles. The quantitative estimate of drug-likeness (QED) is 0.189. The third-order valence-corrected chi connectivity index (χ3v) is 6.09. The summed E-state index contributed by atoms with van der Waals surface area (Å²) in [5.41, 5.74) is -0.380. The number of unbranched alkanes of at least 4 members (excludes halogenated alkanes) is 18. The van der Waals surface area contributed by atoms with Crippen molar-refractivity contribution < 1.29 is 19.8 Å². The van der Waals surface area contributed by atoms with Crippen molar-refractivity contribution in [2.75, 3.05) is 0 Å².